The fourth-order valence-electron chi connectivity index (χ4n) is 3.70. The molecule has 158 valence electrons. The number of hydrogen-bond donors (Lipinski definition) is 0. The lowest BCUT2D eigenvalue weighted by Crippen LogP contribution is -2.17. The van der Waals surface area contributed by atoms with Gasteiger partial charge in [-0.15, -0.1) is 0 Å². The summed E-state index contributed by atoms with van der Waals surface area (Å²) in [5, 5.41) is 1.03. The number of ketones is 1. The minimum absolute atomic E-state index is 0.00774. The topological polar surface area (TPSA) is 57.0 Å². The van der Waals surface area contributed by atoms with Crippen molar-refractivity contribution in [2.75, 3.05) is 14.2 Å². The van der Waals surface area contributed by atoms with Crippen LogP contribution in [-0.2, 0) is 10.9 Å². The van der Waals surface area contributed by atoms with E-state index in [1.165, 1.54) is 43.6 Å². The van der Waals surface area contributed by atoms with Gasteiger partial charge in [-0.25, -0.2) is 4.79 Å². The number of ether oxygens (including phenoxy) is 2. The Morgan fingerprint density at radius 3 is 2.19 bits per heavy atom. The number of alkyl halides is 3. The van der Waals surface area contributed by atoms with Crippen LogP contribution in [0, 0.1) is 0 Å². The zero-order chi connectivity index (χ0) is 22.3. The highest BCUT2D eigenvalue weighted by molar-refractivity contribution is 6.22. The summed E-state index contributed by atoms with van der Waals surface area (Å²) in [7, 11) is 2.43. The molecule has 2 heterocycles. The number of carbonyl (C=O) groups excluding carboxylic acids is 2. The van der Waals surface area contributed by atoms with Crippen LogP contribution in [-0.4, -0.2) is 30.4 Å². The van der Waals surface area contributed by atoms with Crippen molar-refractivity contribution in [3.8, 4) is 5.75 Å². The monoisotopic (exact) mass is 427 g/mol. The molecule has 0 fully saturated rings. The first-order valence-electron chi connectivity index (χ1n) is 9.18. The Kier molecular flexibility index (Phi) is 4.93. The molecule has 0 aliphatic carbocycles. The summed E-state index contributed by atoms with van der Waals surface area (Å²) in [6.07, 6.45) is -3.70. The van der Waals surface area contributed by atoms with Gasteiger partial charge in [-0.2, -0.15) is 13.2 Å². The van der Waals surface area contributed by atoms with Gasteiger partial charge in [0, 0.05) is 17.1 Å². The maximum Gasteiger partial charge on any atom is 0.432 e. The van der Waals surface area contributed by atoms with Gasteiger partial charge in [0.05, 0.1) is 25.3 Å². The number of esters is 1. The molecule has 31 heavy (non-hydrogen) atoms. The van der Waals surface area contributed by atoms with Crippen molar-refractivity contribution in [2.24, 2.45) is 0 Å². The van der Waals surface area contributed by atoms with E-state index in [2.05, 4.69) is 4.74 Å². The molecule has 0 radical (unpaired) electrons. The van der Waals surface area contributed by atoms with Gasteiger partial charge in [0.2, 0.25) is 0 Å². The second-order valence-corrected chi connectivity index (χ2v) is 6.77. The van der Waals surface area contributed by atoms with Gasteiger partial charge >= 0.3 is 12.1 Å². The van der Waals surface area contributed by atoms with Crippen LogP contribution in [0.15, 0.2) is 60.8 Å². The molecule has 0 N–H and O–H groups in total. The Labute approximate surface area is 174 Å². The molecule has 5 nitrogen and oxygen atoms in total. The van der Waals surface area contributed by atoms with Crippen LogP contribution < -0.4 is 4.74 Å². The Bertz CT molecular complexity index is 1320. The molecule has 8 heteroatoms. The first kappa shape index (κ1) is 20.5. The Balaban J connectivity index is 2.16. The largest absolute Gasteiger partial charge is 0.497 e. The fraction of sp³-hybridized carbons (Fsp3) is 0.130. The van der Waals surface area contributed by atoms with Crippen molar-refractivity contribution in [3.63, 3.8) is 0 Å². The lowest BCUT2D eigenvalue weighted by Gasteiger charge is -2.10. The number of pyridine rings is 1. The summed E-state index contributed by atoms with van der Waals surface area (Å²) in [6.45, 7) is 0. The van der Waals surface area contributed by atoms with Crippen molar-refractivity contribution in [3.05, 3.63) is 83.2 Å². The lowest BCUT2D eigenvalue weighted by atomic mass is 9.97. The van der Waals surface area contributed by atoms with Crippen molar-refractivity contribution in [1.29, 1.82) is 0 Å². The van der Waals surface area contributed by atoms with Gasteiger partial charge in [0.15, 0.2) is 5.78 Å². The van der Waals surface area contributed by atoms with E-state index in [0.717, 1.165) is 11.5 Å². The standard InChI is InChI=1S/C23H16F3NO4/c1-30-15-9-7-14(8-10-15)20(28)17-18(22(29)31-2)21(23(24,25)26)27-12-11-13-5-3-4-6-16(13)19(17)27/h3-12H,1-2H3. The first-order valence-corrected chi connectivity index (χ1v) is 9.18. The molecule has 2 aromatic heterocycles. The molecular formula is C23H16F3NO4. The Hall–Kier alpha value is -3.81. The van der Waals surface area contributed by atoms with Gasteiger partial charge in [-0.3, -0.25) is 4.79 Å². The van der Waals surface area contributed by atoms with Crippen molar-refractivity contribution < 1.29 is 32.2 Å². The van der Waals surface area contributed by atoms with E-state index in [1.54, 1.807) is 24.3 Å². The molecule has 0 amide bonds. The third-order valence-electron chi connectivity index (χ3n) is 5.06. The number of hydrogen-bond acceptors (Lipinski definition) is 4. The molecule has 0 saturated carbocycles. The van der Waals surface area contributed by atoms with E-state index < -0.39 is 29.2 Å². The number of rotatable bonds is 4. The average Bonchev–Trinajstić information content (AvgIpc) is 3.14. The van der Waals surface area contributed by atoms with Gasteiger partial charge in [-0.05, 0) is 35.7 Å². The third kappa shape index (κ3) is 3.30. The number of fused-ring (bicyclic) bond motifs is 3. The quantitative estimate of drug-likeness (QED) is 0.334. The first-order chi connectivity index (χ1) is 14.8. The summed E-state index contributed by atoms with van der Waals surface area (Å²) in [6, 6.07) is 14.1. The average molecular weight is 427 g/mol. The minimum atomic E-state index is -4.91. The molecule has 4 rings (SSSR count). The summed E-state index contributed by atoms with van der Waals surface area (Å²) in [4.78, 5) is 26.0. The molecule has 0 aliphatic heterocycles. The summed E-state index contributed by atoms with van der Waals surface area (Å²) in [5.74, 6) is -1.49. The van der Waals surface area contributed by atoms with Crippen LogP contribution in [0.4, 0.5) is 13.2 Å². The molecule has 0 unspecified atom stereocenters. The highest BCUT2D eigenvalue weighted by Gasteiger charge is 2.43. The number of nitrogens with zero attached hydrogens (tertiary/aromatic N) is 1. The molecule has 0 saturated heterocycles. The van der Waals surface area contributed by atoms with E-state index in [1.807, 2.05) is 0 Å². The van der Waals surface area contributed by atoms with Gasteiger partial charge in [-0.1, -0.05) is 24.3 Å². The van der Waals surface area contributed by atoms with Crippen LogP contribution in [0.3, 0.4) is 0 Å². The molecular weight excluding hydrogens is 411 g/mol. The molecule has 0 atom stereocenters. The van der Waals surface area contributed by atoms with Gasteiger partial charge < -0.3 is 13.9 Å². The van der Waals surface area contributed by atoms with Crippen LogP contribution >= 0.6 is 0 Å². The highest BCUT2D eigenvalue weighted by Crippen LogP contribution is 2.40. The van der Waals surface area contributed by atoms with Gasteiger partial charge in [0.25, 0.3) is 0 Å². The number of carbonyl (C=O) groups is 2. The maximum absolute atomic E-state index is 14.1. The maximum atomic E-state index is 14.1. The number of methoxy groups -OCH3 is 2. The van der Waals surface area contributed by atoms with E-state index >= 15 is 0 Å². The minimum Gasteiger partial charge on any atom is -0.497 e. The zero-order valence-corrected chi connectivity index (χ0v) is 16.5. The van der Waals surface area contributed by atoms with Crippen LogP contribution in [0.1, 0.15) is 32.0 Å². The third-order valence-corrected chi connectivity index (χ3v) is 5.06. The van der Waals surface area contributed by atoms with Crippen molar-refractivity contribution >= 4 is 28.0 Å². The Morgan fingerprint density at radius 1 is 0.903 bits per heavy atom. The molecule has 4 aromatic rings. The number of benzene rings is 2. The van der Waals surface area contributed by atoms with Crippen molar-refractivity contribution in [2.45, 2.75) is 6.18 Å². The zero-order valence-electron chi connectivity index (χ0n) is 16.5. The van der Waals surface area contributed by atoms with E-state index in [9.17, 15) is 22.8 Å². The van der Waals surface area contributed by atoms with Crippen molar-refractivity contribution in [1.82, 2.24) is 4.40 Å². The number of aromatic nitrogens is 1. The normalized spacial score (nSPS) is 11.6. The van der Waals surface area contributed by atoms with Crippen LogP contribution in [0.2, 0.25) is 0 Å². The van der Waals surface area contributed by atoms with Crippen LogP contribution in [0.5, 0.6) is 5.75 Å². The van der Waals surface area contributed by atoms with Gasteiger partial charge in [0.1, 0.15) is 17.0 Å². The summed E-state index contributed by atoms with van der Waals surface area (Å²) >= 11 is 0. The molecule has 0 aliphatic rings. The SMILES string of the molecule is COC(=O)c1c(C(=O)c2ccc(OC)cc2)c2c3ccccc3ccn2c1C(F)(F)F. The Morgan fingerprint density at radius 2 is 1.58 bits per heavy atom. The molecule has 0 spiro atoms. The predicted molar refractivity (Wildman–Crippen MR) is 108 cm³/mol. The summed E-state index contributed by atoms with van der Waals surface area (Å²) < 4.78 is 52.9. The van der Waals surface area contributed by atoms with Crippen LogP contribution in [0.25, 0.3) is 16.3 Å². The second-order valence-electron chi connectivity index (χ2n) is 6.77. The fourth-order valence-corrected chi connectivity index (χ4v) is 3.70. The highest BCUT2D eigenvalue weighted by atomic mass is 19.4. The van der Waals surface area contributed by atoms with E-state index in [4.69, 9.17) is 4.74 Å². The molecule has 0 bridgehead atoms. The lowest BCUT2D eigenvalue weighted by molar-refractivity contribution is -0.142. The predicted octanol–water partition coefficient (Wildman–Crippen LogP) is 5.14. The van der Waals surface area contributed by atoms with E-state index in [-0.39, 0.29) is 16.6 Å². The second kappa shape index (κ2) is 7.46. The summed E-state index contributed by atoms with van der Waals surface area (Å²) in [5.41, 5.74) is -2.32. The number of halogens is 3. The molecule has 2 aromatic carbocycles. The smallest absolute Gasteiger partial charge is 0.432 e. The van der Waals surface area contributed by atoms with E-state index in [0.29, 0.717) is 16.5 Å².